The number of rotatable bonds is 11. The van der Waals surface area contributed by atoms with E-state index in [0.29, 0.717) is 55.2 Å². The topological polar surface area (TPSA) is 127 Å². The highest BCUT2D eigenvalue weighted by Gasteiger charge is 2.35. The second-order valence-electron chi connectivity index (χ2n) is 8.93. The average Bonchev–Trinajstić information content (AvgIpc) is 3.30. The van der Waals surface area contributed by atoms with Crippen molar-refractivity contribution in [2.75, 3.05) is 53.2 Å². The summed E-state index contributed by atoms with van der Waals surface area (Å²) >= 11 is 0. The zero-order chi connectivity index (χ0) is 27.7. The van der Waals surface area contributed by atoms with E-state index >= 15 is 0 Å². The van der Waals surface area contributed by atoms with E-state index in [1.807, 2.05) is 13.0 Å². The minimum absolute atomic E-state index is 0.00309. The molecular weight excluding hydrogens is 498 g/mol. The molecule has 1 aromatic carbocycles. The molecule has 0 N–H and O–H groups in total. The summed E-state index contributed by atoms with van der Waals surface area (Å²) < 4.78 is 31.6. The Morgan fingerprint density at radius 2 is 1.79 bits per heavy atom. The largest absolute Gasteiger partial charge is 0.496 e. The van der Waals surface area contributed by atoms with Crippen LogP contribution in [0.15, 0.2) is 11.6 Å². The molecule has 2 aliphatic rings. The SMILES string of the molecule is CCOC(=O)C(=O)Oc1c(CC=C(C)CCC(=O)OCCN2CCOCC2)c(OC)c(C)c2c1C(=O)OC2. The third-order valence-electron chi connectivity index (χ3n) is 6.42. The van der Waals surface area contributed by atoms with Crippen molar-refractivity contribution in [1.29, 1.82) is 0 Å². The summed E-state index contributed by atoms with van der Waals surface area (Å²) in [6.45, 7) is 9.27. The van der Waals surface area contributed by atoms with Gasteiger partial charge in [0.15, 0.2) is 5.75 Å². The molecule has 2 heterocycles. The van der Waals surface area contributed by atoms with E-state index in [1.165, 1.54) is 7.11 Å². The first-order chi connectivity index (χ1) is 18.3. The van der Waals surface area contributed by atoms with Crippen LogP contribution in [0, 0.1) is 6.92 Å². The zero-order valence-corrected chi connectivity index (χ0v) is 22.4. The Balaban J connectivity index is 1.70. The molecule has 11 nitrogen and oxygen atoms in total. The fourth-order valence-electron chi connectivity index (χ4n) is 4.31. The molecule has 0 amide bonds. The van der Waals surface area contributed by atoms with Gasteiger partial charge in [0, 0.05) is 37.2 Å². The summed E-state index contributed by atoms with van der Waals surface area (Å²) in [6.07, 6.45) is 2.74. The monoisotopic (exact) mass is 533 g/mol. The van der Waals surface area contributed by atoms with Crippen molar-refractivity contribution in [2.45, 2.75) is 46.6 Å². The smallest absolute Gasteiger partial charge is 0.422 e. The molecule has 1 aromatic rings. The van der Waals surface area contributed by atoms with Crippen LogP contribution in [-0.2, 0) is 46.4 Å². The lowest BCUT2D eigenvalue weighted by molar-refractivity contribution is -0.161. The maximum Gasteiger partial charge on any atom is 0.422 e. The van der Waals surface area contributed by atoms with Crippen molar-refractivity contribution in [3.8, 4) is 11.5 Å². The van der Waals surface area contributed by atoms with Gasteiger partial charge >= 0.3 is 23.9 Å². The molecule has 0 spiro atoms. The predicted molar refractivity (Wildman–Crippen MR) is 134 cm³/mol. The summed E-state index contributed by atoms with van der Waals surface area (Å²) in [5.74, 6) is -3.03. The van der Waals surface area contributed by atoms with E-state index < -0.39 is 17.9 Å². The number of benzene rings is 1. The maximum atomic E-state index is 12.5. The number of hydrogen-bond donors (Lipinski definition) is 0. The van der Waals surface area contributed by atoms with Crippen molar-refractivity contribution in [3.63, 3.8) is 0 Å². The molecule has 1 saturated heterocycles. The molecule has 0 aliphatic carbocycles. The van der Waals surface area contributed by atoms with Crippen LogP contribution in [0.5, 0.6) is 11.5 Å². The van der Waals surface area contributed by atoms with Gasteiger partial charge in [-0.25, -0.2) is 14.4 Å². The average molecular weight is 534 g/mol. The standard InChI is InChI=1S/C27H35NO10/c1-5-35-26(31)27(32)38-24-19(23(33-4)18(3)20-16-37-25(30)22(20)24)8-6-17(2)7-9-21(29)36-15-12-28-10-13-34-14-11-28/h6H,5,7-16H2,1-4H3. The summed E-state index contributed by atoms with van der Waals surface area (Å²) in [6, 6.07) is 0. The Labute approximate surface area is 221 Å². The number of methoxy groups -OCH3 is 1. The van der Waals surface area contributed by atoms with Crippen molar-refractivity contribution in [2.24, 2.45) is 0 Å². The number of carbonyl (C=O) groups excluding carboxylic acids is 4. The number of allylic oxidation sites excluding steroid dienone is 2. The van der Waals surface area contributed by atoms with E-state index in [0.717, 1.165) is 18.7 Å². The number of cyclic esters (lactones) is 1. The van der Waals surface area contributed by atoms with Gasteiger partial charge in [0.05, 0.1) is 26.9 Å². The van der Waals surface area contributed by atoms with E-state index in [9.17, 15) is 19.2 Å². The van der Waals surface area contributed by atoms with Crippen molar-refractivity contribution in [1.82, 2.24) is 4.90 Å². The van der Waals surface area contributed by atoms with Crippen LogP contribution in [0.2, 0.25) is 0 Å². The Kier molecular flexibility index (Phi) is 10.7. The summed E-state index contributed by atoms with van der Waals surface area (Å²) in [4.78, 5) is 51.2. The van der Waals surface area contributed by atoms with Gasteiger partial charge in [0.25, 0.3) is 0 Å². The highest BCUT2D eigenvalue weighted by Crippen LogP contribution is 2.43. The zero-order valence-electron chi connectivity index (χ0n) is 22.4. The van der Waals surface area contributed by atoms with Crippen LogP contribution < -0.4 is 9.47 Å². The van der Waals surface area contributed by atoms with Gasteiger partial charge in [-0.05, 0) is 39.2 Å². The molecule has 0 aromatic heterocycles. The van der Waals surface area contributed by atoms with Gasteiger partial charge in [-0.3, -0.25) is 9.69 Å². The molecule has 0 unspecified atom stereocenters. The first-order valence-electron chi connectivity index (χ1n) is 12.7. The van der Waals surface area contributed by atoms with Gasteiger partial charge in [0.1, 0.15) is 24.5 Å². The Bertz CT molecular complexity index is 1090. The lowest BCUT2D eigenvalue weighted by Crippen LogP contribution is -2.38. The number of esters is 4. The van der Waals surface area contributed by atoms with E-state index in [4.69, 9.17) is 28.4 Å². The summed E-state index contributed by atoms with van der Waals surface area (Å²) in [5.41, 5.74) is 2.59. The molecule has 1 fully saturated rings. The molecule has 11 heteroatoms. The normalized spacial score (nSPS) is 15.5. The quantitative estimate of drug-likeness (QED) is 0.137. The van der Waals surface area contributed by atoms with Gasteiger partial charge in [-0.15, -0.1) is 0 Å². The summed E-state index contributed by atoms with van der Waals surface area (Å²) in [5, 5.41) is 0. The molecule has 0 atom stereocenters. The van der Waals surface area contributed by atoms with Crippen LogP contribution in [0.25, 0.3) is 0 Å². The highest BCUT2D eigenvalue weighted by molar-refractivity contribution is 6.30. The number of carbonyl (C=O) groups is 4. The van der Waals surface area contributed by atoms with Crippen LogP contribution in [0.1, 0.15) is 53.7 Å². The fourth-order valence-corrected chi connectivity index (χ4v) is 4.31. The van der Waals surface area contributed by atoms with E-state index in [2.05, 4.69) is 4.90 Å². The van der Waals surface area contributed by atoms with Crippen LogP contribution in [0.4, 0.5) is 0 Å². The molecule has 208 valence electrons. The Morgan fingerprint density at radius 1 is 1.05 bits per heavy atom. The van der Waals surface area contributed by atoms with Gasteiger partial charge in [-0.1, -0.05) is 11.6 Å². The lowest BCUT2D eigenvalue weighted by Gasteiger charge is -2.26. The van der Waals surface area contributed by atoms with E-state index in [1.54, 1.807) is 13.8 Å². The fraction of sp³-hybridized carbons (Fsp3) is 0.556. The molecule has 2 aliphatic heterocycles. The van der Waals surface area contributed by atoms with Gasteiger partial charge in [0.2, 0.25) is 0 Å². The number of morpholine rings is 1. The molecule has 0 saturated carbocycles. The molecule has 38 heavy (non-hydrogen) atoms. The van der Waals surface area contributed by atoms with Gasteiger partial charge in [-0.2, -0.15) is 0 Å². The molecule has 0 radical (unpaired) electrons. The van der Waals surface area contributed by atoms with Crippen LogP contribution in [-0.4, -0.2) is 81.9 Å². The summed E-state index contributed by atoms with van der Waals surface area (Å²) in [7, 11) is 1.47. The van der Waals surface area contributed by atoms with Crippen molar-refractivity contribution >= 4 is 23.9 Å². The van der Waals surface area contributed by atoms with Crippen LogP contribution >= 0.6 is 0 Å². The third kappa shape index (κ3) is 7.32. The number of hydrogen-bond acceptors (Lipinski definition) is 11. The second kappa shape index (κ2) is 13.9. The minimum atomic E-state index is -1.25. The second-order valence-corrected chi connectivity index (χ2v) is 8.93. The number of ether oxygens (including phenoxy) is 6. The molecule has 3 rings (SSSR count). The molecule has 0 bridgehead atoms. The Morgan fingerprint density at radius 3 is 2.47 bits per heavy atom. The first-order valence-corrected chi connectivity index (χ1v) is 12.7. The van der Waals surface area contributed by atoms with Crippen molar-refractivity contribution in [3.05, 3.63) is 33.9 Å². The first kappa shape index (κ1) is 29.1. The Hall–Kier alpha value is -3.44. The molecular formula is C27H35NO10. The lowest BCUT2D eigenvalue weighted by atomic mass is 9.94. The maximum absolute atomic E-state index is 12.5. The van der Waals surface area contributed by atoms with E-state index in [-0.39, 0.29) is 43.3 Å². The number of fused-ring (bicyclic) bond motifs is 1. The van der Waals surface area contributed by atoms with Gasteiger partial charge < -0.3 is 28.4 Å². The minimum Gasteiger partial charge on any atom is -0.496 e. The third-order valence-corrected chi connectivity index (χ3v) is 6.42. The highest BCUT2D eigenvalue weighted by atomic mass is 16.6. The van der Waals surface area contributed by atoms with Crippen molar-refractivity contribution < 1.29 is 47.6 Å². The number of nitrogens with zero attached hydrogens (tertiary/aromatic N) is 1. The van der Waals surface area contributed by atoms with Crippen LogP contribution in [0.3, 0.4) is 0 Å². The predicted octanol–water partition coefficient (Wildman–Crippen LogP) is 2.29.